The Balaban J connectivity index is 3.25. The first-order valence-electron chi connectivity index (χ1n) is 3.13. The van der Waals surface area contributed by atoms with Crippen molar-refractivity contribution < 1.29 is 14.7 Å². The largest absolute Gasteiger partial charge is 0.478 e. The summed E-state index contributed by atoms with van der Waals surface area (Å²) in [5.41, 5.74) is 0.454. The molecule has 0 amide bonds. The Kier molecular flexibility index (Phi) is 2.60. The Morgan fingerprint density at radius 1 is 1.50 bits per heavy atom. The van der Waals surface area contributed by atoms with Gasteiger partial charge in [0.1, 0.15) is 6.29 Å². The molecular formula is C8H5BrO3. The summed E-state index contributed by atoms with van der Waals surface area (Å²) in [5, 5.41) is 8.64. The summed E-state index contributed by atoms with van der Waals surface area (Å²) in [6.07, 6.45) is 0.610. The molecular weight excluding hydrogens is 224 g/mol. The van der Waals surface area contributed by atoms with Gasteiger partial charge in [-0.05, 0) is 28.1 Å². The highest BCUT2D eigenvalue weighted by molar-refractivity contribution is 9.10. The van der Waals surface area contributed by atoms with Crippen molar-refractivity contribution in [2.45, 2.75) is 0 Å². The average molecular weight is 229 g/mol. The zero-order valence-corrected chi connectivity index (χ0v) is 7.54. The second-order valence-corrected chi connectivity index (χ2v) is 3.02. The maximum Gasteiger partial charge on any atom is 0.336 e. The van der Waals surface area contributed by atoms with Crippen LogP contribution in [0.1, 0.15) is 20.7 Å². The van der Waals surface area contributed by atoms with Crippen molar-refractivity contribution in [1.29, 1.82) is 0 Å². The van der Waals surface area contributed by atoms with Crippen LogP contribution in [0.15, 0.2) is 22.7 Å². The second-order valence-electron chi connectivity index (χ2n) is 2.16. The number of carboxylic acids is 1. The normalized spacial score (nSPS) is 9.42. The van der Waals surface area contributed by atoms with E-state index in [2.05, 4.69) is 15.9 Å². The van der Waals surface area contributed by atoms with Gasteiger partial charge in [0.15, 0.2) is 0 Å². The third-order valence-corrected chi connectivity index (χ3v) is 2.05. The molecule has 3 nitrogen and oxygen atoms in total. The van der Waals surface area contributed by atoms with Gasteiger partial charge in [0.25, 0.3) is 0 Å². The summed E-state index contributed by atoms with van der Waals surface area (Å²) in [4.78, 5) is 20.8. The van der Waals surface area contributed by atoms with Gasteiger partial charge in [-0.15, -0.1) is 0 Å². The van der Waals surface area contributed by atoms with E-state index in [-0.39, 0.29) is 5.56 Å². The number of aromatic carboxylic acids is 1. The van der Waals surface area contributed by atoms with Crippen LogP contribution >= 0.6 is 15.9 Å². The molecule has 0 aliphatic heterocycles. The Morgan fingerprint density at radius 3 is 2.67 bits per heavy atom. The highest BCUT2D eigenvalue weighted by atomic mass is 79.9. The molecule has 0 aromatic heterocycles. The molecule has 0 spiro atoms. The van der Waals surface area contributed by atoms with E-state index in [9.17, 15) is 9.59 Å². The van der Waals surface area contributed by atoms with Crippen LogP contribution in [0.2, 0.25) is 0 Å². The minimum absolute atomic E-state index is 0.0969. The van der Waals surface area contributed by atoms with Crippen LogP contribution in [0.25, 0.3) is 0 Å². The molecule has 0 radical (unpaired) electrons. The molecule has 4 heteroatoms. The number of halogens is 1. The number of carboxylic acid groups (broad SMARTS) is 1. The van der Waals surface area contributed by atoms with Crippen LogP contribution in [0, 0.1) is 0 Å². The molecule has 1 aromatic rings. The third-order valence-electron chi connectivity index (χ3n) is 1.36. The average Bonchev–Trinajstić information content (AvgIpc) is 2.05. The number of carbonyl (C=O) groups is 2. The molecule has 0 aliphatic carbocycles. The quantitative estimate of drug-likeness (QED) is 0.788. The Hall–Kier alpha value is -1.16. The fourth-order valence-electron chi connectivity index (χ4n) is 0.780. The Morgan fingerprint density at radius 2 is 2.17 bits per heavy atom. The van der Waals surface area contributed by atoms with Crippen LogP contribution in [-0.2, 0) is 0 Å². The van der Waals surface area contributed by atoms with E-state index in [1.165, 1.54) is 12.1 Å². The molecule has 0 bridgehead atoms. The molecule has 0 aliphatic rings. The minimum atomic E-state index is -1.05. The fourth-order valence-corrected chi connectivity index (χ4v) is 1.20. The van der Waals surface area contributed by atoms with Gasteiger partial charge in [-0.25, -0.2) is 4.79 Å². The first-order chi connectivity index (χ1) is 5.65. The number of aldehydes is 1. The zero-order valence-electron chi connectivity index (χ0n) is 5.95. The van der Waals surface area contributed by atoms with Crippen molar-refractivity contribution in [3.05, 3.63) is 33.8 Å². The predicted molar refractivity (Wildman–Crippen MR) is 46.5 cm³/mol. The monoisotopic (exact) mass is 228 g/mol. The fraction of sp³-hybridized carbons (Fsp3) is 0. The topological polar surface area (TPSA) is 54.4 Å². The summed E-state index contributed by atoms with van der Waals surface area (Å²) in [6, 6.07) is 4.40. The smallest absolute Gasteiger partial charge is 0.336 e. The van der Waals surface area contributed by atoms with Crippen LogP contribution < -0.4 is 0 Å². The molecule has 1 N–H and O–H groups in total. The summed E-state index contributed by atoms with van der Waals surface area (Å²) >= 11 is 3.06. The van der Waals surface area contributed by atoms with Crippen LogP contribution in [-0.4, -0.2) is 17.4 Å². The highest BCUT2D eigenvalue weighted by Gasteiger charge is 2.07. The lowest BCUT2D eigenvalue weighted by molar-refractivity contribution is 0.0696. The lowest BCUT2D eigenvalue weighted by Crippen LogP contribution is -1.98. The molecule has 0 heterocycles. The van der Waals surface area contributed by atoms with E-state index in [4.69, 9.17) is 5.11 Å². The van der Waals surface area contributed by atoms with E-state index in [0.29, 0.717) is 16.3 Å². The molecule has 1 aromatic carbocycles. The van der Waals surface area contributed by atoms with Gasteiger partial charge in [0, 0.05) is 10.0 Å². The van der Waals surface area contributed by atoms with Gasteiger partial charge in [0.2, 0.25) is 0 Å². The van der Waals surface area contributed by atoms with E-state index in [1.54, 1.807) is 6.07 Å². The third kappa shape index (κ3) is 1.71. The number of benzene rings is 1. The van der Waals surface area contributed by atoms with Gasteiger partial charge < -0.3 is 5.11 Å². The zero-order chi connectivity index (χ0) is 9.14. The van der Waals surface area contributed by atoms with Gasteiger partial charge >= 0.3 is 5.97 Å². The van der Waals surface area contributed by atoms with Crippen molar-refractivity contribution in [2.24, 2.45) is 0 Å². The van der Waals surface area contributed by atoms with Crippen LogP contribution in [0.5, 0.6) is 0 Å². The predicted octanol–water partition coefficient (Wildman–Crippen LogP) is 1.96. The lowest BCUT2D eigenvalue weighted by Gasteiger charge is -1.98. The number of hydrogen-bond donors (Lipinski definition) is 1. The molecule has 62 valence electrons. The van der Waals surface area contributed by atoms with Crippen molar-refractivity contribution in [1.82, 2.24) is 0 Å². The van der Waals surface area contributed by atoms with Gasteiger partial charge in [0.05, 0.1) is 5.56 Å². The van der Waals surface area contributed by atoms with E-state index >= 15 is 0 Å². The molecule has 12 heavy (non-hydrogen) atoms. The Bertz CT molecular complexity index is 333. The van der Waals surface area contributed by atoms with Crippen LogP contribution in [0.3, 0.4) is 0 Å². The highest BCUT2D eigenvalue weighted by Crippen LogP contribution is 2.17. The molecule has 1 rings (SSSR count). The molecule has 0 fully saturated rings. The first-order valence-corrected chi connectivity index (χ1v) is 3.92. The van der Waals surface area contributed by atoms with Crippen molar-refractivity contribution >= 4 is 28.2 Å². The van der Waals surface area contributed by atoms with E-state index in [0.717, 1.165) is 0 Å². The molecule has 0 saturated carbocycles. The summed E-state index contributed by atoms with van der Waals surface area (Å²) in [5.74, 6) is -1.05. The summed E-state index contributed by atoms with van der Waals surface area (Å²) < 4.78 is 0.473. The molecule has 0 unspecified atom stereocenters. The van der Waals surface area contributed by atoms with Crippen molar-refractivity contribution in [3.63, 3.8) is 0 Å². The molecule has 0 atom stereocenters. The van der Waals surface area contributed by atoms with Gasteiger partial charge in [-0.3, -0.25) is 4.79 Å². The Labute approximate surface area is 77.1 Å². The summed E-state index contributed by atoms with van der Waals surface area (Å²) in [6.45, 7) is 0. The van der Waals surface area contributed by atoms with Crippen molar-refractivity contribution in [2.75, 3.05) is 0 Å². The maximum atomic E-state index is 10.5. The lowest BCUT2D eigenvalue weighted by atomic mass is 10.1. The minimum Gasteiger partial charge on any atom is -0.478 e. The number of rotatable bonds is 2. The number of carbonyl (C=O) groups excluding carboxylic acids is 1. The standard InChI is InChI=1S/C8H5BrO3/c9-7-2-1-5(4-10)3-6(7)8(11)12/h1-4H,(H,11,12). The summed E-state index contributed by atoms with van der Waals surface area (Å²) in [7, 11) is 0. The first kappa shape index (κ1) is 8.93. The van der Waals surface area contributed by atoms with Gasteiger partial charge in [-0.2, -0.15) is 0 Å². The van der Waals surface area contributed by atoms with E-state index in [1.807, 2.05) is 0 Å². The second kappa shape index (κ2) is 3.49. The van der Waals surface area contributed by atoms with Crippen molar-refractivity contribution in [3.8, 4) is 0 Å². The number of hydrogen-bond acceptors (Lipinski definition) is 2. The van der Waals surface area contributed by atoms with Gasteiger partial charge in [-0.1, -0.05) is 6.07 Å². The molecule has 0 saturated heterocycles. The maximum absolute atomic E-state index is 10.5. The van der Waals surface area contributed by atoms with E-state index < -0.39 is 5.97 Å². The van der Waals surface area contributed by atoms with Crippen LogP contribution in [0.4, 0.5) is 0 Å². The SMILES string of the molecule is O=Cc1ccc(Br)c(C(=O)O)c1.